The molecule has 1 amide bonds. The molecule has 0 saturated heterocycles. The van der Waals surface area contributed by atoms with Crippen LogP contribution in [0.5, 0.6) is 0 Å². The maximum absolute atomic E-state index is 12.3. The number of carbonyl (C=O) groups excluding carboxylic acids is 1. The van der Waals surface area contributed by atoms with E-state index in [1.807, 2.05) is 31.2 Å². The summed E-state index contributed by atoms with van der Waals surface area (Å²) in [6.07, 6.45) is 0.717. The number of thiophene rings is 1. The van der Waals surface area contributed by atoms with Gasteiger partial charge in [0.15, 0.2) is 0 Å². The lowest BCUT2D eigenvalue weighted by Gasteiger charge is -2.20. The SMILES string of the molecule is CCC(NC(=O)CN(C)S(=O)(=O)c1cccs1)c1ccc(Br)cc1. The highest BCUT2D eigenvalue weighted by atomic mass is 79.9. The van der Waals surface area contributed by atoms with Crippen molar-refractivity contribution in [2.75, 3.05) is 13.6 Å². The van der Waals surface area contributed by atoms with E-state index < -0.39 is 10.0 Å². The topological polar surface area (TPSA) is 66.5 Å². The van der Waals surface area contributed by atoms with Gasteiger partial charge in [0.1, 0.15) is 4.21 Å². The van der Waals surface area contributed by atoms with Gasteiger partial charge in [-0.05, 0) is 35.6 Å². The number of rotatable bonds is 7. The first kappa shape index (κ1) is 19.1. The summed E-state index contributed by atoms with van der Waals surface area (Å²) in [7, 11) is -2.21. The average molecular weight is 431 g/mol. The van der Waals surface area contributed by atoms with Gasteiger partial charge in [-0.2, -0.15) is 4.31 Å². The lowest BCUT2D eigenvalue weighted by molar-refractivity contribution is -0.121. The monoisotopic (exact) mass is 430 g/mol. The third kappa shape index (κ3) is 4.66. The van der Waals surface area contributed by atoms with Crippen LogP contribution in [-0.4, -0.2) is 32.2 Å². The molecule has 24 heavy (non-hydrogen) atoms. The predicted molar refractivity (Wildman–Crippen MR) is 99.5 cm³/mol. The molecular formula is C16H19BrN2O3S2. The van der Waals surface area contributed by atoms with Crippen LogP contribution in [0.1, 0.15) is 24.9 Å². The van der Waals surface area contributed by atoms with Gasteiger partial charge in [-0.3, -0.25) is 4.79 Å². The molecule has 8 heteroatoms. The van der Waals surface area contributed by atoms with Crippen molar-refractivity contribution in [1.29, 1.82) is 0 Å². The fourth-order valence-electron chi connectivity index (χ4n) is 2.21. The van der Waals surface area contributed by atoms with Crippen LogP contribution < -0.4 is 5.32 Å². The second kappa shape index (κ2) is 8.24. The zero-order valence-corrected chi connectivity index (χ0v) is 16.6. The number of hydrogen-bond acceptors (Lipinski definition) is 4. The van der Waals surface area contributed by atoms with Gasteiger partial charge in [0.25, 0.3) is 10.0 Å². The van der Waals surface area contributed by atoms with E-state index in [1.165, 1.54) is 13.1 Å². The second-order valence-electron chi connectivity index (χ2n) is 5.27. The number of likely N-dealkylation sites (N-methyl/N-ethyl adjacent to an activating group) is 1. The molecule has 0 bridgehead atoms. The fourth-order valence-corrected chi connectivity index (χ4v) is 4.80. The fraction of sp³-hybridized carbons (Fsp3) is 0.312. The van der Waals surface area contributed by atoms with Gasteiger partial charge < -0.3 is 5.32 Å². The first-order valence-corrected chi connectivity index (χ1v) is 10.5. The molecule has 0 saturated carbocycles. The number of hydrogen-bond donors (Lipinski definition) is 1. The number of halogens is 1. The van der Waals surface area contributed by atoms with E-state index in [0.29, 0.717) is 0 Å². The van der Waals surface area contributed by atoms with Gasteiger partial charge in [0.05, 0.1) is 12.6 Å². The summed E-state index contributed by atoms with van der Waals surface area (Å²) in [5, 5.41) is 4.59. The van der Waals surface area contributed by atoms with Gasteiger partial charge >= 0.3 is 0 Å². The Bertz CT molecular complexity index is 774. The average Bonchev–Trinajstić information content (AvgIpc) is 3.08. The van der Waals surface area contributed by atoms with Gasteiger partial charge in [-0.1, -0.05) is 41.1 Å². The van der Waals surface area contributed by atoms with E-state index in [2.05, 4.69) is 21.2 Å². The van der Waals surface area contributed by atoms with Crippen molar-refractivity contribution in [1.82, 2.24) is 9.62 Å². The molecule has 1 N–H and O–H groups in total. The summed E-state index contributed by atoms with van der Waals surface area (Å²) in [6, 6.07) is 10.8. The molecule has 1 aromatic carbocycles. The molecule has 0 aliphatic carbocycles. The third-order valence-corrected chi connectivity index (χ3v) is 7.25. The van der Waals surface area contributed by atoms with Crippen LogP contribution in [0.2, 0.25) is 0 Å². The number of carbonyl (C=O) groups is 1. The minimum absolute atomic E-state index is 0.150. The molecule has 1 atom stereocenters. The Morgan fingerprint density at radius 3 is 2.50 bits per heavy atom. The van der Waals surface area contributed by atoms with Crippen molar-refractivity contribution in [3.05, 3.63) is 51.8 Å². The van der Waals surface area contributed by atoms with Gasteiger partial charge in [0.2, 0.25) is 5.91 Å². The number of benzene rings is 1. The number of amides is 1. The zero-order valence-electron chi connectivity index (χ0n) is 13.4. The van der Waals surface area contributed by atoms with Gasteiger partial charge in [0, 0.05) is 11.5 Å². The molecule has 0 aliphatic heterocycles. The smallest absolute Gasteiger partial charge is 0.252 e. The normalized spacial score (nSPS) is 13.0. The quantitative estimate of drug-likeness (QED) is 0.731. The van der Waals surface area contributed by atoms with Crippen LogP contribution in [-0.2, 0) is 14.8 Å². The van der Waals surface area contributed by atoms with Crippen LogP contribution in [0.4, 0.5) is 0 Å². The summed E-state index contributed by atoms with van der Waals surface area (Å²) in [6.45, 7) is 1.76. The Hall–Kier alpha value is -1.22. The third-order valence-electron chi connectivity index (χ3n) is 3.54. The molecule has 2 rings (SSSR count). The standard InChI is InChI=1S/C16H19BrN2O3S2/c1-3-14(12-6-8-13(17)9-7-12)18-15(20)11-19(2)24(21,22)16-5-4-10-23-16/h4-10,14H,3,11H2,1-2H3,(H,18,20). The molecule has 5 nitrogen and oxygen atoms in total. The maximum atomic E-state index is 12.3. The Morgan fingerprint density at radius 2 is 1.96 bits per heavy atom. The van der Waals surface area contributed by atoms with Gasteiger partial charge in [-0.15, -0.1) is 11.3 Å². The minimum Gasteiger partial charge on any atom is -0.348 e. The molecule has 1 heterocycles. The Labute approximate surface area is 154 Å². The summed E-state index contributed by atoms with van der Waals surface area (Å²) in [5.41, 5.74) is 0.984. The Balaban J connectivity index is 2.02. The Morgan fingerprint density at radius 1 is 1.29 bits per heavy atom. The summed E-state index contributed by atoms with van der Waals surface area (Å²) >= 11 is 4.52. The van der Waals surface area contributed by atoms with Crippen molar-refractivity contribution in [2.45, 2.75) is 23.6 Å². The highest BCUT2D eigenvalue weighted by Crippen LogP contribution is 2.21. The summed E-state index contributed by atoms with van der Waals surface area (Å²) in [5.74, 6) is -0.326. The summed E-state index contributed by atoms with van der Waals surface area (Å²) < 4.78 is 27.0. The van der Waals surface area contributed by atoms with Crippen molar-refractivity contribution in [3.8, 4) is 0 Å². The molecule has 0 fully saturated rings. The lowest BCUT2D eigenvalue weighted by atomic mass is 10.0. The molecule has 0 radical (unpaired) electrons. The largest absolute Gasteiger partial charge is 0.348 e. The van der Waals surface area contributed by atoms with E-state index in [0.717, 1.165) is 32.1 Å². The van der Waals surface area contributed by atoms with Crippen molar-refractivity contribution in [3.63, 3.8) is 0 Å². The second-order valence-corrected chi connectivity index (χ2v) is 9.41. The minimum atomic E-state index is -3.62. The highest BCUT2D eigenvalue weighted by Gasteiger charge is 2.24. The van der Waals surface area contributed by atoms with E-state index in [4.69, 9.17) is 0 Å². The van der Waals surface area contributed by atoms with Crippen LogP contribution in [0.25, 0.3) is 0 Å². The molecule has 0 aliphatic rings. The first-order valence-electron chi connectivity index (χ1n) is 7.39. The number of nitrogens with zero attached hydrogens (tertiary/aromatic N) is 1. The molecule has 1 aromatic heterocycles. The number of nitrogens with one attached hydrogen (secondary N) is 1. The molecule has 2 aromatic rings. The number of sulfonamides is 1. The van der Waals surface area contributed by atoms with E-state index in [-0.39, 0.29) is 22.7 Å². The van der Waals surface area contributed by atoms with Crippen molar-refractivity contribution < 1.29 is 13.2 Å². The molecular weight excluding hydrogens is 412 g/mol. The lowest BCUT2D eigenvalue weighted by Crippen LogP contribution is -2.39. The van der Waals surface area contributed by atoms with Gasteiger partial charge in [-0.25, -0.2) is 8.42 Å². The van der Waals surface area contributed by atoms with Crippen molar-refractivity contribution >= 4 is 43.2 Å². The summed E-state index contributed by atoms with van der Waals surface area (Å²) in [4.78, 5) is 12.3. The molecule has 0 spiro atoms. The van der Waals surface area contributed by atoms with Crippen molar-refractivity contribution in [2.24, 2.45) is 0 Å². The van der Waals surface area contributed by atoms with E-state index in [9.17, 15) is 13.2 Å². The molecule has 130 valence electrons. The van der Waals surface area contributed by atoms with E-state index >= 15 is 0 Å². The Kier molecular flexibility index (Phi) is 6.56. The van der Waals surface area contributed by atoms with Crippen LogP contribution in [0.3, 0.4) is 0 Å². The van der Waals surface area contributed by atoms with Crippen LogP contribution in [0, 0.1) is 0 Å². The predicted octanol–water partition coefficient (Wildman–Crippen LogP) is 3.40. The highest BCUT2D eigenvalue weighted by molar-refractivity contribution is 9.10. The van der Waals surface area contributed by atoms with E-state index in [1.54, 1.807) is 11.4 Å². The van der Waals surface area contributed by atoms with Crippen LogP contribution >= 0.6 is 27.3 Å². The molecule has 1 unspecified atom stereocenters. The van der Waals surface area contributed by atoms with Crippen LogP contribution in [0.15, 0.2) is 50.5 Å². The zero-order chi connectivity index (χ0) is 17.7. The first-order chi connectivity index (χ1) is 11.3. The maximum Gasteiger partial charge on any atom is 0.252 e.